The number of carbonyl (C=O) groups excluding carboxylic acids is 2. The smallest absolute Gasteiger partial charge is 0.270 e. The summed E-state index contributed by atoms with van der Waals surface area (Å²) in [6, 6.07) is 4.23. The van der Waals surface area contributed by atoms with Crippen molar-refractivity contribution < 1.29 is 9.59 Å². The minimum absolute atomic E-state index is 0.0225. The predicted octanol–water partition coefficient (Wildman–Crippen LogP) is 2.61. The van der Waals surface area contributed by atoms with E-state index in [-0.39, 0.29) is 11.8 Å². The van der Waals surface area contributed by atoms with Crippen LogP contribution in [0, 0.1) is 27.7 Å². The van der Waals surface area contributed by atoms with Crippen molar-refractivity contribution in [3.63, 3.8) is 0 Å². The van der Waals surface area contributed by atoms with Gasteiger partial charge in [-0.2, -0.15) is 0 Å². The van der Waals surface area contributed by atoms with Crippen molar-refractivity contribution in [3.05, 3.63) is 46.0 Å². The Balaban J connectivity index is 1.61. The van der Waals surface area contributed by atoms with Crippen LogP contribution >= 0.6 is 0 Å². The van der Waals surface area contributed by atoms with Crippen molar-refractivity contribution in [2.75, 3.05) is 13.1 Å². The Labute approximate surface area is 148 Å². The summed E-state index contributed by atoms with van der Waals surface area (Å²) in [5, 5.41) is 2.92. The number of carbonyl (C=O) groups is 2. The zero-order valence-corrected chi connectivity index (χ0v) is 15.3. The van der Waals surface area contributed by atoms with Gasteiger partial charge in [0.2, 0.25) is 0 Å². The molecule has 6 nitrogen and oxygen atoms in total. The summed E-state index contributed by atoms with van der Waals surface area (Å²) in [4.78, 5) is 33.2. The van der Waals surface area contributed by atoms with Crippen molar-refractivity contribution in [3.8, 4) is 0 Å². The SMILES string of the molecule is Cc1cc(C)c(C(=O)NCCN(C(=O)c2[nH]c(C)cc2C)C2CC2)[nH]1. The molecule has 3 rings (SSSR count). The Kier molecular flexibility index (Phi) is 4.70. The lowest BCUT2D eigenvalue weighted by molar-refractivity contribution is 0.0730. The van der Waals surface area contributed by atoms with Gasteiger partial charge >= 0.3 is 0 Å². The van der Waals surface area contributed by atoms with E-state index in [0.717, 1.165) is 35.4 Å². The van der Waals surface area contributed by atoms with Crippen molar-refractivity contribution in [2.45, 2.75) is 46.6 Å². The number of nitrogens with one attached hydrogen (secondary N) is 3. The maximum Gasteiger partial charge on any atom is 0.270 e. The molecule has 1 aliphatic carbocycles. The first-order valence-electron chi connectivity index (χ1n) is 8.78. The van der Waals surface area contributed by atoms with Crippen LogP contribution in [0.3, 0.4) is 0 Å². The average molecular weight is 342 g/mol. The minimum Gasteiger partial charge on any atom is -0.354 e. The van der Waals surface area contributed by atoms with Gasteiger partial charge in [0, 0.05) is 30.5 Å². The summed E-state index contributed by atoms with van der Waals surface area (Å²) in [6.45, 7) is 8.70. The van der Waals surface area contributed by atoms with Gasteiger partial charge < -0.3 is 20.2 Å². The molecule has 0 atom stereocenters. The van der Waals surface area contributed by atoms with Crippen LogP contribution in [0.1, 0.15) is 56.3 Å². The van der Waals surface area contributed by atoms with E-state index < -0.39 is 0 Å². The summed E-state index contributed by atoms with van der Waals surface area (Å²) >= 11 is 0. The predicted molar refractivity (Wildman–Crippen MR) is 96.9 cm³/mol. The summed E-state index contributed by atoms with van der Waals surface area (Å²) in [6.07, 6.45) is 2.07. The van der Waals surface area contributed by atoms with E-state index in [2.05, 4.69) is 15.3 Å². The van der Waals surface area contributed by atoms with Gasteiger partial charge in [0.05, 0.1) is 0 Å². The van der Waals surface area contributed by atoms with Gasteiger partial charge in [0.1, 0.15) is 11.4 Å². The molecule has 0 radical (unpaired) electrons. The lowest BCUT2D eigenvalue weighted by Crippen LogP contribution is -2.40. The quantitative estimate of drug-likeness (QED) is 0.754. The van der Waals surface area contributed by atoms with E-state index in [1.807, 2.05) is 44.7 Å². The number of nitrogens with zero attached hydrogens (tertiary/aromatic N) is 1. The molecule has 1 fully saturated rings. The van der Waals surface area contributed by atoms with Gasteiger partial charge in [0.15, 0.2) is 0 Å². The highest BCUT2D eigenvalue weighted by Crippen LogP contribution is 2.28. The number of rotatable bonds is 6. The molecule has 1 aliphatic rings. The second-order valence-electron chi connectivity index (χ2n) is 7.01. The molecule has 0 aliphatic heterocycles. The molecule has 2 amide bonds. The molecule has 0 spiro atoms. The van der Waals surface area contributed by atoms with Crippen molar-refractivity contribution in [1.82, 2.24) is 20.2 Å². The summed E-state index contributed by atoms with van der Waals surface area (Å²) in [7, 11) is 0. The average Bonchev–Trinajstić information content (AvgIpc) is 3.24. The van der Waals surface area contributed by atoms with Gasteiger partial charge in [-0.3, -0.25) is 9.59 Å². The minimum atomic E-state index is -0.124. The normalized spacial score (nSPS) is 13.8. The highest BCUT2D eigenvalue weighted by molar-refractivity contribution is 5.95. The van der Waals surface area contributed by atoms with Gasteiger partial charge in [-0.05, 0) is 63.8 Å². The molecular formula is C19H26N4O2. The zero-order chi connectivity index (χ0) is 18.1. The molecule has 25 heavy (non-hydrogen) atoms. The van der Waals surface area contributed by atoms with Gasteiger partial charge in [-0.15, -0.1) is 0 Å². The second-order valence-corrected chi connectivity index (χ2v) is 7.01. The molecule has 6 heteroatoms. The molecule has 2 aromatic heterocycles. The van der Waals surface area contributed by atoms with Crippen LogP contribution in [-0.4, -0.2) is 45.8 Å². The molecule has 2 heterocycles. The van der Waals surface area contributed by atoms with E-state index >= 15 is 0 Å². The fourth-order valence-corrected chi connectivity index (χ4v) is 3.27. The van der Waals surface area contributed by atoms with Crippen LogP contribution in [-0.2, 0) is 0 Å². The molecule has 134 valence electrons. The maximum atomic E-state index is 12.8. The number of H-pyrrole nitrogens is 2. The lowest BCUT2D eigenvalue weighted by Gasteiger charge is -2.22. The standard InChI is InChI=1S/C19H26N4O2/c1-11-9-13(3)21-16(11)18(24)20-7-8-23(15-5-6-15)19(25)17-12(2)10-14(4)22-17/h9-10,15,21-22H,5-8H2,1-4H3,(H,20,24). The van der Waals surface area contributed by atoms with Crippen LogP contribution in [0.5, 0.6) is 0 Å². The number of aryl methyl sites for hydroxylation is 4. The molecule has 3 N–H and O–H groups in total. The maximum absolute atomic E-state index is 12.8. The Morgan fingerprint density at radius 2 is 1.60 bits per heavy atom. The van der Waals surface area contributed by atoms with E-state index in [0.29, 0.717) is 30.5 Å². The lowest BCUT2D eigenvalue weighted by atomic mass is 10.2. The summed E-state index contributed by atoms with van der Waals surface area (Å²) in [5.41, 5.74) is 5.11. The second kappa shape index (κ2) is 6.78. The van der Waals surface area contributed by atoms with Gasteiger partial charge in [-0.1, -0.05) is 0 Å². The topological polar surface area (TPSA) is 81.0 Å². The fraction of sp³-hybridized carbons (Fsp3) is 0.474. The highest BCUT2D eigenvalue weighted by Gasteiger charge is 2.33. The first-order chi connectivity index (χ1) is 11.9. The van der Waals surface area contributed by atoms with E-state index in [1.54, 1.807) is 0 Å². The van der Waals surface area contributed by atoms with E-state index in [1.165, 1.54) is 0 Å². The van der Waals surface area contributed by atoms with Crippen LogP contribution in [0.25, 0.3) is 0 Å². The van der Waals surface area contributed by atoms with E-state index in [9.17, 15) is 9.59 Å². The van der Waals surface area contributed by atoms with Crippen molar-refractivity contribution in [2.24, 2.45) is 0 Å². The molecule has 1 saturated carbocycles. The number of hydrogen-bond donors (Lipinski definition) is 3. The third kappa shape index (κ3) is 3.78. The molecule has 0 aromatic carbocycles. The number of aromatic nitrogens is 2. The van der Waals surface area contributed by atoms with E-state index in [4.69, 9.17) is 0 Å². The molecule has 2 aromatic rings. The van der Waals surface area contributed by atoms with Crippen molar-refractivity contribution >= 4 is 11.8 Å². The van der Waals surface area contributed by atoms with Crippen LogP contribution < -0.4 is 5.32 Å². The Bertz CT molecular complexity index is 798. The molecule has 0 bridgehead atoms. The first kappa shape index (κ1) is 17.3. The van der Waals surface area contributed by atoms with Gasteiger partial charge in [0.25, 0.3) is 11.8 Å². The number of amides is 2. The Morgan fingerprint density at radius 3 is 2.08 bits per heavy atom. The largest absolute Gasteiger partial charge is 0.354 e. The first-order valence-corrected chi connectivity index (χ1v) is 8.78. The summed E-state index contributed by atoms with van der Waals surface area (Å²) in [5.74, 6) is -0.102. The Morgan fingerprint density at radius 1 is 1.04 bits per heavy atom. The molecule has 0 saturated heterocycles. The zero-order valence-electron chi connectivity index (χ0n) is 15.3. The van der Waals surface area contributed by atoms with Crippen LogP contribution in [0.15, 0.2) is 12.1 Å². The van der Waals surface area contributed by atoms with Crippen LogP contribution in [0.2, 0.25) is 0 Å². The number of hydrogen-bond acceptors (Lipinski definition) is 2. The summed E-state index contributed by atoms with van der Waals surface area (Å²) < 4.78 is 0. The molecule has 0 unspecified atom stereocenters. The van der Waals surface area contributed by atoms with Crippen molar-refractivity contribution in [1.29, 1.82) is 0 Å². The highest BCUT2D eigenvalue weighted by atomic mass is 16.2. The Hall–Kier alpha value is -2.50. The van der Waals surface area contributed by atoms with Gasteiger partial charge in [-0.25, -0.2) is 0 Å². The van der Waals surface area contributed by atoms with Crippen LogP contribution in [0.4, 0.5) is 0 Å². The fourth-order valence-electron chi connectivity index (χ4n) is 3.27. The molecular weight excluding hydrogens is 316 g/mol. The third-order valence-corrected chi connectivity index (χ3v) is 4.63. The number of aromatic amines is 2. The third-order valence-electron chi connectivity index (χ3n) is 4.63. The monoisotopic (exact) mass is 342 g/mol.